The Bertz CT molecular complexity index is 848. The van der Waals surface area contributed by atoms with Crippen LogP contribution >= 0.6 is 0 Å². The fraction of sp³-hybridized carbons (Fsp3) is 0.636. The maximum absolute atomic E-state index is 13.3. The van der Waals surface area contributed by atoms with Gasteiger partial charge in [0.1, 0.15) is 11.5 Å². The smallest absolute Gasteiger partial charge is 0.274 e. The summed E-state index contributed by atoms with van der Waals surface area (Å²) in [4.78, 5) is 17.5. The molecule has 0 saturated carbocycles. The fourth-order valence-electron chi connectivity index (χ4n) is 4.41. The van der Waals surface area contributed by atoms with Gasteiger partial charge in [-0.3, -0.25) is 9.48 Å². The minimum Gasteiger partial charge on any atom is -0.465 e. The van der Waals surface area contributed by atoms with Crippen molar-refractivity contribution in [3.8, 4) is 0 Å². The zero-order valence-electron chi connectivity index (χ0n) is 17.9. The summed E-state index contributed by atoms with van der Waals surface area (Å²) in [5, 5.41) is 8.42. The Balaban J connectivity index is 1.50. The Morgan fingerprint density at radius 1 is 1.28 bits per heavy atom. The van der Waals surface area contributed by atoms with Crippen LogP contribution in [0.1, 0.15) is 53.0 Å². The van der Waals surface area contributed by atoms with E-state index in [1.54, 1.807) is 0 Å². The summed E-state index contributed by atoms with van der Waals surface area (Å²) in [6, 6.07) is 4.36. The van der Waals surface area contributed by atoms with Gasteiger partial charge in [0.2, 0.25) is 0 Å². The number of likely N-dealkylation sites (N-methyl/N-ethyl adjacent to an activating group) is 1. The van der Waals surface area contributed by atoms with E-state index in [0.717, 1.165) is 82.0 Å². The molecule has 1 aliphatic heterocycles. The molecule has 3 heterocycles. The van der Waals surface area contributed by atoms with Gasteiger partial charge < -0.3 is 19.5 Å². The maximum Gasteiger partial charge on any atom is 0.274 e. The van der Waals surface area contributed by atoms with Gasteiger partial charge in [0.15, 0.2) is 5.69 Å². The molecule has 1 N–H and O–H groups in total. The summed E-state index contributed by atoms with van der Waals surface area (Å²) in [6.45, 7) is 9.14. The van der Waals surface area contributed by atoms with Gasteiger partial charge in [0, 0.05) is 50.0 Å². The van der Waals surface area contributed by atoms with Crippen LogP contribution in [0, 0.1) is 6.92 Å². The number of rotatable bonds is 6. The van der Waals surface area contributed by atoms with E-state index < -0.39 is 0 Å². The highest BCUT2D eigenvalue weighted by Crippen LogP contribution is 2.27. The van der Waals surface area contributed by atoms with Gasteiger partial charge in [-0.2, -0.15) is 5.10 Å². The average Bonchev–Trinajstić information content (AvgIpc) is 3.30. The van der Waals surface area contributed by atoms with Gasteiger partial charge in [-0.1, -0.05) is 6.92 Å². The predicted molar refractivity (Wildman–Crippen MR) is 112 cm³/mol. The van der Waals surface area contributed by atoms with Gasteiger partial charge >= 0.3 is 0 Å². The van der Waals surface area contributed by atoms with E-state index in [1.807, 2.05) is 24.0 Å². The molecule has 1 aliphatic carbocycles. The number of aromatic nitrogens is 2. The number of aryl methyl sites for hydroxylation is 2. The van der Waals surface area contributed by atoms with E-state index in [4.69, 9.17) is 9.52 Å². The number of piperazine rings is 1. The molecule has 2 aromatic heterocycles. The van der Waals surface area contributed by atoms with E-state index in [1.165, 1.54) is 5.69 Å². The molecule has 2 aliphatic rings. The van der Waals surface area contributed by atoms with Crippen molar-refractivity contribution in [2.75, 3.05) is 33.2 Å². The van der Waals surface area contributed by atoms with Crippen LogP contribution in [0.4, 0.5) is 0 Å². The van der Waals surface area contributed by atoms with Crippen molar-refractivity contribution in [2.45, 2.75) is 58.7 Å². The molecule has 0 aromatic carbocycles. The first-order valence-electron chi connectivity index (χ1n) is 10.9. The summed E-state index contributed by atoms with van der Waals surface area (Å²) in [6.07, 6.45) is 3.90. The second kappa shape index (κ2) is 8.71. The topological polar surface area (TPSA) is 66.5 Å². The average molecular weight is 400 g/mol. The molecule has 158 valence electrons. The first kappa shape index (κ1) is 20.2. The monoisotopic (exact) mass is 399 g/mol. The van der Waals surface area contributed by atoms with E-state index in [9.17, 15) is 4.79 Å². The molecule has 1 unspecified atom stereocenters. The molecule has 0 bridgehead atoms. The molecule has 4 rings (SSSR count). The second-order valence-corrected chi connectivity index (χ2v) is 8.43. The first-order valence-corrected chi connectivity index (χ1v) is 10.9. The molecular formula is C22H33N5O2. The Kier molecular flexibility index (Phi) is 6.06. The Labute approximate surface area is 173 Å². The fourth-order valence-corrected chi connectivity index (χ4v) is 4.41. The number of amides is 1. The number of carbonyl (C=O) groups excluding carboxylic acids is 1. The Hall–Kier alpha value is -2.12. The van der Waals surface area contributed by atoms with Gasteiger partial charge in [-0.05, 0) is 51.8 Å². The molecule has 7 heteroatoms. The van der Waals surface area contributed by atoms with Crippen molar-refractivity contribution < 1.29 is 9.21 Å². The lowest BCUT2D eigenvalue weighted by Crippen LogP contribution is -2.47. The third-order valence-corrected chi connectivity index (χ3v) is 6.14. The van der Waals surface area contributed by atoms with Gasteiger partial charge in [0.25, 0.3) is 5.91 Å². The zero-order valence-corrected chi connectivity index (χ0v) is 17.9. The van der Waals surface area contributed by atoms with Crippen LogP contribution in [0.3, 0.4) is 0 Å². The molecule has 1 amide bonds. The lowest BCUT2D eigenvalue weighted by molar-refractivity contribution is 0.0656. The number of nitrogens with zero attached hydrogens (tertiary/aromatic N) is 4. The highest BCUT2D eigenvalue weighted by molar-refractivity contribution is 5.94. The number of carbonyl (C=O) groups is 1. The summed E-state index contributed by atoms with van der Waals surface area (Å²) in [5.74, 6) is 2.00. The summed E-state index contributed by atoms with van der Waals surface area (Å²) >= 11 is 0. The van der Waals surface area contributed by atoms with Crippen LogP contribution in [0.15, 0.2) is 16.5 Å². The Morgan fingerprint density at radius 3 is 2.76 bits per heavy atom. The summed E-state index contributed by atoms with van der Waals surface area (Å²) in [7, 11) is 2.11. The number of furan rings is 1. The highest BCUT2D eigenvalue weighted by Gasteiger charge is 2.31. The molecule has 0 radical (unpaired) electrons. The van der Waals surface area contributed by atoms with Crippen LogP contribution < -0.4 is 5.32 Å². The van der Waals surface area contributed by atoms with E-state index in [-0.39, 0.29) is 5.91 Å². The molecular weight excluding hydrogens is 366 g/mol. The minimum atomic E-state index is 0.103. The Morgan fingerprint density at radius 2 is 2.07 bits per heavy atom. The van der Waals surface area contributed by atoms with Crippen LogP contribution in [0.25, 0.3) is 0 Å². The third-order valence-electron chi connectivity index (χ3n) is 6.14. The quantitative estimate of drug-likeness (QED) is 0.807. The highest BCUT2D eigenvalue weighted by atomic mass is 16.3. The standard InChI is InChI=1S/C22H33N5O2/c1-4-9-27-20-8-6-17(23-15-18-7-5-16(2)29-18)14-19(20)21(24-27)22(28)26-12-10-25(3)11-13-26/h5,7,17,23H,4,6,8-15H2,1-3H3. The molecule has 0 spiro atoms. The molecule has 7 nitrogen and oxygen atoms in total. The zero-order chi connectivity index (χ0) is 20.4. The second-order valence-electron chi connectivity index (χ2n) is 8.43. The summed E-state index contributed by atoms with van der Waals surface area (Å²) in [5.41, 5.74) is 3.09. The molecule has 2 aromatic rings. The van der Waals surface area contributed by atoms with E-state index >= 15 is 0 Å². The number of fused-ring (bicyclic) bond motifs is 1. The van der Waals surface area contributed by atoms with E-state index in [0.29, 0.717) is 11.7 Å². The van der Waals surface area contributed by atoms with Crippen LogP contribution in [-0.4, -0.2) is 64.8 Å². The maximum atomic E-state index is 13.3. The summed E-state index contributed by atoms with van der Waals surface area (Å²) < 4.78 is 7.77. The lowest BCUT2D eigenvalue weighted by Gasteiger charge is -2.32. The van der Waals surface area contributed by atoms with E-state index in [2.05, 4.69) is 28.9 Å². The number of hydrogen-bond acceptors (Lipinski definition) is 5. The van der Waals surface area contributed by atoms with Crippen molar-refractivity contribution in [2.24, 2.45) is 0 Å². The van der Waals surface area contributed by atoms with Crippen molar-refractivity contribution in [3.63, 3.8) is 0 Å². The number of nitrogens with one attached hydrogen (secondary N) is 1. The molecule has 1 fully saturated rings. The lowest BCUT2D eigenvalue weighted by atomic mass is 9.91. The van der Waals surface area contributed by atoms with Crippen LogP contribution in [-0.2, 0) is 25.9 Å². The van der Waals surface area contributed by atoms with Gasteiger partial charge in [-0.25, -0.2) is 0 Å². The predicted octanol–water partition coefficient (Wildman–Crippen LogP) is 2.23. The largest absolute Gasteiger partial charge is 0.465 e. The van der Waals surface area contributed by atoms with Crippen molar-refractivity contribution in [1.29, 1.82) is 0 Å². The minimum absolute atomic E-state index is 0.103. The number of hydrogen-bond donors (Lipinski definition) is 1. The van der Waals surface area contributed by atoms with Crippen molar-refractivity contribution >= 4 is 5.91 Å². The molecule has 29 heavy (non-hydrogen) atoms. The third kappa shape index (κ3) is 4.41. The van der Waals surface area contributed by atoms with Crippen LogP contribution in [0.5, 0.6) is 0 Å². The normalized spacial score (nSPS) is 20.1. The molecule has 1 atom stereocenters. The van der Waals surface area contributed by atoms with Crippen molar-refractivity contribution in [3.05, 3.63) is 40.6 Å². The molecule has 1 saturated heterocycles. The van der Waals surface area contributed by atoms with Gasteiger partial charge in [0.05, 0.1) is 6.54 Å². The van der Waals surface area contributed by atoms with Crippen LogP contribution in [0.2, 0.25) is 0 Å². The first-order chi connectivity index (χ1) is 14.0. The SMILES string of the molecule is CCCn1nc(C(=O)N2CCN(C)CC2)c2c1CCC(NCc1ccc(C)o1)C2. The van der Waals surface area contributed by atoms with Gasteiger partial charge in [-0.15, -0.1) is 0 Å². The van der Waals surface area contributed by atoms with Crippen molar-refractivity contribution in [1.82, 2.24) is 24.9 Å².